The zero-order valence-electron chi connectivity index (χ0n) is 15.0. The molecule has 5 aromatic rings. The number of benzene rings is 4. The highest BCUT2D eigenvalue weighted by Gasteiger charge is 2.12. The molecule has 0 fully saturated rings. The fourth-order valence-corrected chi connectivity index (χ4v) is 3.79. The Morgan fingerprint density at radius 2 is 1.26 bits per heavy atom. The van der Waals surface area contributed by atoms with Crippen molar-refractivity contribution in [2.24, 2.45) is 0 Å². The van der Waals surface area contributed by atoms with E-state index in [0.717, 1.165) is 17.6 Å². The highest BCUT2D eigenvalue weighted by Crippen LogP contribution is 2.33. The Balaban J connectivity index is 1.75. The van der Waals surface area contributed by atoms with Crippen LogP contribution in [0.25, 0.3) is 32.9 Å². The third-order valence-corrected chi connectivity index (χ3v) is 5.11. The largest absolute Gasteiger partial charge is 0.248 e. The average Bonchev–Trinajstić information content (AvgIpc) is 2.74. The molecule has 0 aliphatic carbocycles. The first-order valence-electron chi connectivity index (χ1n) is 9.29. The lowest BCUT2D eigenvalue weighted by Gasteiger charge is -2.14. The van der Waals surface area contributed by atoms with Crippen LogP contribution in [-0.2, 0) is 6.42 Å². The molecule has 128 valence electrons. The molecule has 0 bridgehead atoms. The number of hydrogen-bond donors (Lipinski definition) is 0. The molecule has 4 aromatic carbocycles. The molecule has 0 radical (unpaired) electrons. The molecule has 0 saturated heterocycles. The van der Waals surface area contributed by atoms with E-state index in [2.05, 4.69) is 97.1 Å². The molecule has 1 aromatic heterocycles. The van der Waals surface area contributed by atoms with Gasteiger partial charge in [0.25, 0.3) is 0 Å². The first-order chi connectivity index (χ1) is 13.4. The summed E-state index contributed by atoms with van der Waals surface area (Å²) in [7, 11) is 0. The van der Waals surface area contributed by atoms with E-state index in [-0.39, 0.29) is 0 Å². The molecule has 0 atom stereocenters. The molecule has 0 N–H and O–H groups in total. The maximum absolute atomic E-state index is 5.00. The standard InChI is InChI=1S/C26H19N/c1-2-8-19(9-3-1)18-22-15-14-20-10-4-6-12-23(20)26(22)25-17-16-21-11-5-7-13-24(21)27-25/h1-17H,18H2. The molecule has 0 aliphatic rings. The molecule has 5 rings (SSSR count). The van der Waals surface area contributed by atoms with Gasteiger partial charge in [0, 0.05) is 10.9 Å². The van der Waals surface area contributed by atoms with Gasteiger partial charge in [0.05, 0.1) is 11.2 Å². The smallest absolute Gasteiger partial charge is 0.0718 e. The Hall–Kier alpha value is -3.45. The molecule has 1 heteroatoms. The van der Waals surface area contributed by atoms with Gasteiger partial charge in [-0.3, -0.25) is 0 Å². The third-order valence-electron chi connectivity index (χ3n) is 5.11. The quantitative estimate of drug-likeness (QED) is 0.357. The van der Waals surface area contributed by atoms with Crippen LogP contribution in [0, 0.1) is 0 Å². The second-order valence-corrected chi connectivity index (χ2v) is 6.87. The summed E-state index contributed by atoms with van der Waals surface area (Å²) in [5.41, 5.74) is 5.94. The van der Waals surface area contributed by atoms with Crippen molar-refractivity contribution in [1.29, 1.82) is 0 Å². The Bertz CT molecular complexity index is 1240. The van der Waals surface area contributed by atoms with Crippen molar-refractivity contribution in [3.8, 4) is 11.3 Å². The highest BCUT2D eigenvalue weighted by atomic mass is 14.7. The van der Waals surface area contributed by atoms with Gasteiger partial charge in [0.15, 0.2) is 0 Å². The predicted molar refractivity (Wildman–Crippen MR) is 114 cm³/mol. The van der Waals surface area contributed by atoms with Gasteiger partial charge in [-0.15, -0.1) is 0 Å². The van der Waals surface area contributed by atoms with Crippen LogP contribution >= 0.6 is 0 Å². The minimum atomic E-state index is 0.898. The summed E-state index contributed by atoms with van der Waals surface area (Å²) >= 11 is 0. The molecule has 0 saturated carbocycles. The first-order valence-corrected chi connectivity index (χ1v) is 9.29. The van der Waals surface area contributed by atoms with Gasteiger partial charge in [-0.2, -0.15) is 0 Å². The maximum atomic E-state index is 5.00. The van der Waals surface area contributed by atoms with Gasteiger partial charge in [-0.1, -0.05) is 91.0 Å². The zero-order valence-corrected chi connectivity index (χ0v) is 15.0. The Morgan fingerprint density at radius 1 is 0.556 bits per heavy atom. The molecule has 0 unspecified atom stereocenters. The van der Waals surface area contributed by atoms with Crippen molar-refractivity contribution in [2.75, 3.05) is 0 Å². The number of fused-ring (bicyclic) bond motifs is 2. The third kappa shape index (κ3) is 2.98. The Kier molecular flexibility index (Phi) is 3.91. The van der Waals surface area contributed by atoms with Crippen molar-refractivity contribution >= 4 is 21.7 Å². The highest BCUT2D eigenvalue weighted by molar-refractivity contribution is 5.98. The van der Waals surface area contributed by atoms with Crippen LogP contribution < -0.4 is 0 Å². The summed E-state index contributed by atoms with van der Waals surface area (Å²) in [4.78, 5) is 5.00. The fraction of sp³-hybridized carbons (Fsp3) is 0.0385. The van der Waals surface area contributed by atoms with Gasteiger partial charge < -0.3 is 0 Å². The monoisotopic (exact) mass is 345 g/mol. The van der Waals surface area contributed by atoms with E-state index in [1.54, 1.807) is 0 Å². The maximum Gasteiger partial charge on any atom is 0.0718 e. The first kappa shape index (κ1) is 15.8. The molecular weight excluding hydrogens is 326 g/mol. The van der Waals surface area contributed by atoms with Crippen molar-refractivity contribution < 1.29 is 0 Å². The Morgan fingerprint density at radius 3 is 2.15 bits per heavy atom. The summed E-state index contributed by atoms with van der Waals surface area (Å²) in [5, 5.41) is 3.68. The van der Waals surface area contributed by atoms with E-state index in [1.807, 2.05) is 6.07 Å². The lowest BCUT2D eigenvalue weighted by molar-refractivity contribution is 1.19. The van der Waals surface area contributed by atoms with Gasteiger partial charge in [-0.05, 0) is 40.5 Å². The van der Waals surface area contributed by atoms with E-state index in [9.17, 15) is 0 Å². The molecule has 0 amide bonds. The van der Waals surface area contributed by atoms with Gasteiger partial charge in [0.2, 0.25) is 0 Å². The van der Waals surface area contributed by atoms with Crippen molar-refractivity contribution in [1.82, 2.24) is 4.98 Å². The van der Waals surface area contributed by atoms with Crippen LogP contribution in [0.5, 0.6) is 0 Å². The number of hydrogen-bond acceptors (Lipinski definition) is 1. The second-order valence-electron chi connectivity index (χ2n) is 6.87. The van der Waals surface area contributed by atoms with E-state index >= 15 is 0 Å². The summed E-state index contributed by atoms with van der Waals surface area (Å²) in [6.45, 7) is 0. The van der Waals surface area contributed by atoms with E-state index < -0.39 is 0 Å². The SMILES string of the molecule is c1ccc(Cc2ccc3ccccc3c2-c2ccc3ccccc3n2)cc1. The minimum Gasteiger partial charge on any atom is -0.248 e. The normalized spacial score (nSPS) is 11.1. The molecular formula is C26H19N. The minimum absolute atomic E-state index is 0.898. The fourth-order valence-electron chi connectivity index (χ4n) is 3.79. The summed E-state index contributed by atoms with van der Waals surface area (Å²) < 4.78 is 0. The van der Waals surface area contributed by atoms with E-state index in [1.165, 1.54) is 32.8 Å². The topological polar surface area (TPSA) is 12.9 Å². The van der Waals surface area contributed by atoms with Gasteiger partial charge in [-0.25, -0.2) is 4.98 Å². The molecule has 0 aliphatic heterocycles. The molecule has 27 heavy (non-hydrogen) atoms. The van der Waals surface area contributed by atoms with Crippen LogP contribution in [0.1, 0.15) is 11.1 Å². The lowest BCUT2D eigenvalue weighted by atomic mass is 9.92. The molecule has 1 nitrogen and oxygen atoms in total. The van der Waals surface area contributed by atoms with Gasteiger partial charge >= 0.3 is 0 Å². The second kappa shape index (κ2) is 6.69. The van der Waals surface area contributed by atoms with Crippen LogP contribution in [-0.4, -0.2) is 4.98 Å². The van der Waals surface area contributed by atoms with Gasteiger partial charge in [0.1, 0.15) is 0 Å². The summed E-state index contributed by atoms with van der Waals surface area (Å²) in [6.07, 6.45) is 0.898. The number of rotatable bonds is 3. The Labute approximate surface area is 158 Å². The van der Waals surface area contributed by atoms with Crippen molar-refractivity contribution in [3.05, 3.63) is 114 Å². The summed E-state index contributed by atoms with van der Waals surface area (Å²) in [5.74, 6) is 0. The van der Waals surface area contributed by atoms with Crippen molar-refractivity contribution in [3.63, 3.8) is 0 Å². The van der Waals surface area contributed by atoms with E-state index in [0.29, 0.717) is 0 Å². The zero-order chi connectivity index (χ0) is 18.1. The molecule has 0 spiro atoms. The molecule has 1 heterocycles. The van der Waals surface area contributed by atoms with Crippen LogP contribution in [0.4, 0.5) is 0 Å². The average molecular weight is 345 g/mol. The number of para-hydroxylation sites is 1. The van der Waals surface area contributed by atoms with Crippen LogP contribution in [0.2, 0.25) is 0 Å². The van der Waals surface area contributed by atoms with Crippen LogP contribution in [0.15, 0.2) is 103 Å². The lowest BCUT2D eigenvalue weighted by Crippen LogP contribution is -1.96. The summed E-state index contributed by atoms with van der Waals surface area (Å²) in [6, 6.07) is 36.3. The van der Waals surface area contributed by atoms with E-state index in [4.69, 9.17) is 4.98 Å². The number of aromatic nitrogens is 1. The predicted octanol–water partition coefficient (Wildman–Crippen LogP) is 6.65. The van der Waals surface area contributed by atoms with Crippen molar-refractivity contribution in [2.45, 2.75) is 6.42 Å². The number of nitrogens with zero attached hydrogens (tertiary/aromatic N) is 1. The number of pyridine rings is 1. The van der Waals surface area contributed by atoms with Crippen LogP contribution in [0.3, 0.4) is 0 Å².